The molecule has 0 atom stereocenters. The maximum absolute atomic E-state index is 14.3. The summed E-state index contributed by atoms with van der Waals surface area (Å²) < 4.78 is 11.0. The van der Waals surface area contributed by atoms with Gasteiger partial charge in [-0.2, -0.15) is 5.06 Å². The number of hydrogen-bond donors (Lipinski definition) is 0. The summed E-state index contributed by atoms with van der Waals surface area (Å²) in [6.07, 6.45) is 0.127. The summed E-state index contributed by atoms with van der Waals surface area (Å²) in [5.41, 5.74) is 2.40. The van der Waals surface area contributed by atoms with E-state index in [9.17, 15) is 9.59 Å². The van der Waals surface area contributed by atoms with Crippen LogP contribution in [0, 0.1) is 13.8 Å². The van der Waals surface area contributed by atoms with Gasteiger partial charge in [0.25, 0.3) is 5.91 Å². The quantitative estimate of drug-likeness (QED) is 0.456. The Labute approximate surface area is 215 Å². The van der Waals surface area contributed by atoms with Gasteiger partial charge in [-0.25, -0.2) is 4.79 Å². The molecule has 0 unspecified atom stereocenters. The molecule has 0 bridgehead atoms. The number of anilines is 1. The zero-order chi connectivity index (χ0) is 25.3. The second-order valence-corrected chi connectivity index (χ2v) is 9.54. The van der Waals surface area contributed by atoms with E-state index >= 15 is 0 Å². The largest absolute Gasteiger partial charge is 0.513 e. The zero-order valence-corrected chi connectivity index (χ0v) is 21.7. The van der Waals surface area contributed by atoms with Crippen molar-refractivity contribution in [3.63, 3.8) is 0 Å². The van der Waals surface area contributed by atoms with Crippen molar-refractivity contribution in [2.75, 3.05) is 31.7 Å². The fraction of sp³-hybridized carbons (Fsp3) is 0.385. The first-order valence-corrected chi connectivity index (χ1v) is 12.2. The predicted octanol–water partition coefficient (Wildman–Crippen LogP) is 5.94. The van der Waals surface area contributed by atoms with Crippen molar-refractivity contribution in [1.82, 2.24) is 5.06 Å². The summed E-state index contributed by atoms with van der Waals surface area (Å²) in [6.45, 7) is 6.71. The molecule has 0 radical (unpaired) electrons. The van der Waals surface area contributed by atoms with Crippen LogP contribution in [0.1, 0.15) is 36.5 Å². The van der Waals surface area contributed by atoms with E-state index in [2.05, 4.69) is 0 Å². The Morgan fingerprint density at radius 1 is 1.03 bits per heavy atom. The first-order chi connectivity index (χ1) is 16.7. The van der Waals surface area contributed by atoms with E-state index in [0.29, 0.717) is 58.6 Å². The number of hydrogen-bond acceptors (Lipinski definition) is 6. The molecule has 0 N–H and O–H groups in total. The molecule has 2 aromatic carbocycles. The number of rotatable bonds is 5. The van der Waals surface area contributed by atoms with E-state index in [1.165, 1.54) is 0 Å². The molecule has 2 aliphatic rings. The molecule has 2 aliphatic heterocycles. The molecule has 35 heavy (non-hydrogen) atoms. The first-order valence-electron chi connectivity index (χ1n) is 11.5. The summed E-state index contributed by atoms with van der Waals surface area (Å²) in [7, 11) is 1.62. The number of carbonyl (C=O) groups excluding carboxylic acids is 2. The molecule has 0 aromatic heterocycles. The molecule has 9 heteroatoms. The summed E-state index contributed by atoms with van der Waals surface area (Å²) in [5.74, 6) is 0.0335. The van der Waals surface area contributed by atoms with E-state index < -0.39 is 11.7 Å². The van der Waals surface area contributed by atoms with Crippen LogP contribution in [0.25, 0.3) is 5.57 Å². The van der Waals surface area contributed by atoms with Gasteiger partial charge in [0.15, 0.2) is 5.76 Å². The monoisotopic (exact) mass is 518 g/mol. The average Bonchev–Trinajstić information content (AvgIpc) is 3.02. The van der Waals surface area contributed by atoms with E-state index in [1.54, 1.807) is 55.3 Å². The number of ether oxygens (including phenoxy) is 2. The molecule has 1 fully saturated rings. The Morgan fingerprint density at radius 3 is 2.17 bits per heavy atom. The van der Waals surface area contributed by atoms with Crippen molar-refractivity contribution in [2.24, 2.45) is 0 Å². The molecule has 186 valence electrons. The second kappa shape index (κ2) is 10.2. The highest BCUT2D eigenvalue weighted by Crippen LogP contribution is 2.50. The van der Waals surface area contributed by atoms with E-state index in [4.69, 9.17) is 37.5 Å². The number of hydroxylamine groups is 2. The molecular formula is C26H28Cl2N2O5. The van der Waals surface area contributed by atoms with Crippen LogP contribution < -0.4 is 4.90 Å². The van der Waals surface area contributed by atoms with Crippen LogP contribution in [0.2, 0.25) is 10.0 Å². The Kier molecular flexibility index (Phi) is 7.43. The number of nitrogens with zero attached hydrogens (tertiary/aromatic N) is 2. The Morgan fingerprint density at radius 2 is 1.63 bits per heavy atom. The maximum Gasteiger partial charge on any atom is 0.513 e. The van der Waals surface area contributed by atoms with Gasteiger partial charge >= 0.3 is 6.16 Å². The minimum absolute atomic E-state index is 0.153. The van der Waals surface area contributed by atoms with Crippen molar-refractivity contribution in [3.05, 3.63) is 68.9 Å². The van der Waals surface area contributed by atoms with Gasteiger partial charge in [-0.1, -0.05) is 23.2 Å². The van der Waals surface area contributed by atoms with Gasteiger partial charge in [0.2, 0.25) is 0 Å². The van der Waals surface area contributed by atoms with Crippen LogP contribution in [-0.4, -0.2) is 49.5 Å². The van der Waals surface area contributed by atoms with Gasteiger partial charge in [-0.15, -0.1) is 0 Å². The molecule has 2 heterocycles. The Bertz CT molecular complexity index is 1150. The lowest BCUT2D eigenvalue weighted by Crippen LogP contribution is -2.55. The summed E-state index contributed by atoms with van der Waals surface area (Å²) >= 11 is 12.4. The first kappa shape index (κ1) is 25.5. The predicted molar refractivity (Wildman–Crippen MR) is 135 cm³/mol. The smallest absolute Gasteiger partial charge is 0.434 e. The van der Waals surface area contributed by atoms with E-state index in [0.717, 1.165) is 11.1 Å². The minimum atomic E-state index is -0.916. The number of aryl methyl sites for hydroxylation is 2. The third-order valence-electron chi connectivity index (χ3n) is 6.58. The number of halogens is 2. The summed E-state index contributed by atoms with van der Waals surface area (Å²) in [4.78, 5) is 34.1. The van der Waals surface area contributed by atoms with Crippen LogP contribution in [0.5, 0.6) is 0 Å². The maximum atomic E-state index is 14.3. The van der Waals surface area contributed by atoms with Gasteiger partial charge in [0.05, 0.1) is 19.3 Å². The van der Waals surface area contributed by atoms with Crippen molar-refractivity contribution in [3.8, 4) is 0 Å². The minimum Gasteiger partial charge on any atom is -0.434 e. The fourth-order valence-electron chi connectivity index (χ4n) is 5.08. The third kappa shape index (κ3) is 4.66. The highest BCUT2D eigenvalue weighted by Gasteiger charge is 2.56. The summed E-state index contributed by atoms with van der Waals surface area (Å²) in [6, 6.07) is 10.7. The lowest BCUT2D eigenvalue weighted by atomic mass is 9.84. The van der Waals surface area contributed by atoms with Gasteiger partial charge < -0.3 is 14.3 Å². The molecule has 4 rings (SSSR count). The van der Waals surface area contributed by atoms with Crippen LogP contribution in [0.15, 0.2) is 42.2 Å². The van der Waals surface area contributed by atoms with Crippen molar-refractivity contribution < 1.29 is 23.9 Å². The van der Waals surface area contributed by atoms with Crippen molar-refractivity contribution in [1.29, 1.82) is 0 Å². The van der Waals surface area contributed by atoms with E-state index in [1.807, 2.05) is 18.9 Å². The van der Waals surface area contributed by atoms with Crippen molar-refractivity contribution in [2.45, 2.75) is 39.2 Å². The highest BCUT2D eigenvalue weighted by atomic mass is 35.5. The van der Waals surface area contributed by atoms with Crippen LogP contribution in [0.3, 0.4) is 0 Å². The van der Waals surface area contributed by atoms with Crippen LogP contribution in [0.4, 0.5) is 10.5 Å². The molecule has 0 saturated carbocycles. The Balaban J connectivity index is 1.97. The van der Waals surface area contributed by atoms with Gasteiger partial charge in [-0.3, -0.25) is 9.69 Å². The third-order valence-corrected chi connectivity index (χ3v) is 7.05. The fourth-order valence-corrected chi connectivity index (χ4v) is 5.54. The van der Waals surface area contributed by atoms with Crippen LogP contribution in [-0.2, 0) is 19.1 Å². The molecule has 0 aliphatic carbocycles. The second-order valence-electron chi connectivity index (χ2n) is 8.66. The molecule has 1 spiro atoms. The molecular weight excluding hydrogens is 491 g/mol. The number of amides is 1. The molecule has 1 amide bonds. The van der Waals surface area contributed by atoms with E-state index in [-0.39, 0.29) is 12.5 Å². The molecule has 1 saturated heterocycles. The number of piperidine rings is 1. The number of carbonyl (C=O) groups is 2. The van der Waals surface area contributed by atoms with Crippen LogP contribution >= 0.6 is 23.2 Å². The molecule has 7 nitrogen and oxygen atoms in total. The normalized spacial score (nSPS) is 17.9. The van der Waals surface area contributed by atoms with Crippen molar-refractivity contribution >= 4 is 46.5 Å². The summed E-state index contributed by atoms with van der Waals surface area (Å²) in [5, 5.41) is 2.96. The molecule has 2 aromatic rings. The highest BCUT2D eigenvalue weighted by molar-refractivity contribution is 6.33. The average molecular weight is 519 g/mol. The van der Waals surface area contributed by atoms with Gasteiger partial charge in [-0.05, 0) is 86.7 Å². The lowest BCUT2D eigenvalue weighted by Gasteiger charge is -2.44. The Hall–Kier alpha value is -2.58. The number of benzene rings is 2. The lowest BCUT2D eigenvalue weighted by molar-refractivity contribution is -0.150. The topological polar surface area (TPSA) is 68.3 Å². The van der Waals surface area contributed by atoms with Gasteiger partial charge in [0, 0.05) is 28.8 Å². The SMILES string of the molecule is CCOC(=O)OC1=C(c2c(C)cc(Cl)cc2C)C(=O)N(c2ccc(Cl)cc2)C12CCN(OC)CC2. The zero-order valence-electron chi connectivity index (χ0n) is 20.2. The van der Waals surface area contributed by atoms with Gasteiger partial charge in [0.1, 0.15) is 5.54 Å². The standard InChI is InChI=1S/C26H28Cl2N2O5/c1-5-34-25(32)35-23-22(21-16(2)14-19(28)15-17(21)3)24(31)30(20-8-6-18(27)7-9-20)26(23)10-12-29(33-4)13-11-26/h6-9,14-15H,5,10-13H2,1-4H3.